The highest BCUT2D eigenvalue weighted by Crippen LogP contribution is 2.34. The summed E-state index contributed by atoms with van der Waals surface area (Å²) in [4.78, 5) is 32.0. The van der Waals surface area contributed by atoms with Crippen molar-refractivity contribution in [2.45, 2.75) is 25.7 Å². The first kappa shape index (κ1) is 24.5. The first-order chi connectivity index (χ1) is 15.5. The predicted octanol–water partition coefficient (Wildman–Crippen LogP) is 2.56. The van der Waals surface area contributed by atoms with Gasteiger partial charge in [-0.1, -0.05) is 17.7 Å². The number of aliphatic hydroxyl groups is 1. The number of hydrogen-bond acceptors (Lipinski definition) is 6. The molecule has 1 aliphatic heterocycles. The zero-order valence-corrected chi connectivity index (χ0v) is 19.4. The highest BCUT2D eigenvalue weighted by Gasteiger charge is 2.21. The van der Waals surface area contributed by atoms with Crippen molar-refractivity contribution in [2.24, 2.45) is 0 Å². The van der Waals surface area contributed by atoms with Crippen molar-refractivity contribution < 1.29 is 14.7 Å². The molecule has 32 heavy (non-hydrogen) atoms. The molecule has 2 aromatic rings. The van der Waals surface area contributed by atoms with Crippen LogP contribution in [0.25, 0.3) is 10.9 Å². The van der Waals surface area contributed by atoms with Gasteiger partial charge >= 0.3 is 0 Å². The smallest absolute Gasteiger partial charge is 0.160 e. The molecule has 1 aromatic heterocycles. The molecule has 8 heteroatoms. The molecule has 1 aliphatic rings. The van der Waals surface area contributed by atoms with Crippen LogP contribution in [0.4, 0.5) is 0 Å². The zero-order chi connectivity index (χ0) is 22.9. The predicted molar refractivity (Wildman–Crippen MR) is 128 cm³/mol. The Balaban J connectivity index is 1.51. The number of piperazine rings is 1. The Kier molecular flexibility index (Phi) is 9.29. The number of Topliss-reactive ketones (excluding diaryl/α,β-unsaturated/α-hetero) is 1. The Hall–Kier alpha value is -2.19. The summed E-state index contributed by atoms with van der Waals surface area (Å²) in [5.41, 5.74) is 2.47. The minimum absolute atomic E-state index is 0.0170. The van der Waals surface area contributed by atoms with Crippen LogP contribution in [0.2, 0.25) is 5.02 Å². The lowest BCUT2D eigenvalue weighted by Gasteiger charge is -2.34. The lowest BCUT2D eigenvalue weighted by Crippen LogP contribution is -2.48. The number of β-amino-alcohol motifs (C(OH)–C–C–N with tert-alkyl or cyclic N) is 1. The molecule has 3 N–H and O–H groups in total. The lowest BCUT2D eigenvalue weighted by atomic mass is 9.89. The van der Waals surface area contributed by atoms with Gasteiger partial charge in [0.15, 0.2) is 5.78 Å². The molecule has 1 aromatic carbocycles. The van der Waals surface area contributed by atoms with Gasteiger partial charge in [0, 0.05) is 87.5 Å². The zero-order valence-electron chi connectivity index (χ0n) is 18.6. The van der Waals surface area contributed by atoms with E-state index in [-0.39, 0.29) is 31.1 Å². The van der Waals surface area contributed by atoms with Crippen LogP contribution in [0.15, 0.2) is 36.2 Å². The number of H-pyrrole nitrogens is 1. The van der Waals surface area contributed by atoms with Crippen molar-refractivity contribution in [1.29, 1.82) is 0 Å². The number of benzene rings is 1. The molecule has 1 unspecified atom stereocenters. The average Bonchev–Trinajstić information content (AvgIpc) is 3.23. The highest BCUT2D eigenvalue weighted by atomic mass is 35.5. The van der Waals surface area contributed by atoms with E-state index in [2.05, 4.69) is 20.1 Å². The fourth-order valence-corrected chi connectivity index (χ4v) is 4.50. The summed E-state index contributed by atoms with van der Waals surface area (Å²) < 4.78 is 0. The number of nitrogens with one attached hydrogen (secondary N) is 2. The summed E-state index contributed by atoms with van der Waals surface area (Å²) in [6.45, 7) is 8.37. The summed E-state index contributed by atoms with van der Waals surface area (Å²) in [7, 11) is 0. The number of carbonyl (C=O) groups excluding carboxylic acids is 2. The quantitative estimate of drug-likeness (QED) is 0.256. The van der Waals surface area contributed by atoms with Crippen molar-refractivity contribution in [3.05, 3.63) is 46.8 Å². The van der Waals surface area contributed by atoms with Gasteiger partial charge in [0.1, 0.15) is 6.29 Å². The summed E-state index contributed by atoms with van der Waals surface area (Å²) >= 11 is 6.39. The number of carbonyl (C=O) groups is 2. The standard InChI is InChI=1S/C24H33ClN4O3/c1-18(16-26-6-7-28-8-10-29(11-9-28)12-14-31)23(32)15-19(5-13-30)20-17-27-22-4-2-3-21(25)24(20)22/h2-4,13,16-17,19,26-27,31H,5-12,14-15H2,1H3/b18-16+. The second kappa shape index (κ2) is 12.2. The van der Waals surface area contributed by atoms with Gasteiger partial charge < -0.3 is 20.2 Å². The number of hydrogen-bond donors (Lipinski definition) is 3. The minimum Gasteiger partial charge on any atom is -0.395 e. The number of allylic oxidation sites excluding steroid dienone is 1. The number of nitrogens with zero attached hydrogens (tertiary/aromatic N) is 2. The van der Waals surface area contributed by atoms with E-state index in [0.29, 0.717) is 10.6 Å². The van der Waals surface area contributed by atoms with Crippen LogP contribution in [0.5, 0.6) is 0 Å². The monoisotopic (exact) mass is 460 g/mol. The molecule has 0 saturated carbocycles. The molecular formula is C24H33ClN4O3. The van der Waals surface area contributed by atoms with Crippen LogP contribution in [0, 0.1) is 0 Å². The summed E-state index contributed by atoms with van der Waals surface area (Å²) in [5, 5.41) is 13.8. The van der Waals surface area contributed by atoms with Gasteiger partial charge in [0.25, 0.3) is 0 Å². The van der Waals surface area contributed by atoms with Crippen molar-refractivity contribution in [1.82, 2.24) is 20.1 Å². The van der Waals surface area contributed by atoms with Crippen molar-refractivity contribution >= 4 is 34.6 Å². The van der Waals surface area contributed by atoms with Crippen LogP contribution < -0.4 is 5.32 Å². The second-order valence-corrected chi connectivity index (χ2v) is 8.73. The SMILES string of the molecule is C/C(=C\NCCN1CCN(CCO)CC1)C(=O)CC(CC=O)c1c[nH]c2cccc(Cl)c12. The fourth-order valence-electron chi connectivity index (χ4n) is 4.21. The molecule has 174 valence electrons. The Labute approximate surface area is 194 Å². The molecule has 0 spiro atoms. The molecule has 0 bridgehead atoms. The third-order valence-corrected chi connectivity index (χ3v) is 6.46. The molecule has 0 amide bonds. The van der Waals surface area contributed by atoms with E-state index in [1.165, 1.54) is 0 Å². The summed E-state index contributed by atoms with van der Waals surface area (Å²) in [6, 6.07) is 5.63. The molecule has 3 rings (SSSR count). The van der Waals surface area contributed by atoms with Crippen molar-refractivity contribution in [3.63, 3.8) is 0 Å². The van der Waals surface area contributed by atoms with Crippen LogP contribution in [-0.2, 0) is 9.59 Å². The van der Waals surface area contributed by atoms with Gasteiger partial charge in [-0.3, -0.25) is 14.6 Å². The Bertz CT molecular complexity index is 934. The van der Waals surface area contributed by atoms with Gasteiger partial charge in [-0.25, -0.2) is 0 Å². The van der Waals surface area contributed by atoms with Crippen LogP contribution in [0.3, 0.4) is 0 Å². The van der Waals surface area contributed by atoms with E-state index in [0.717, 1.165) is 68.6 Å². The average molecular weight is 461 g/mol. The molecular weight excluding hydrogens is 428 g/mol. The summed E-state index contributed by atoms with van der Waals surface area (Å²) in [5.74, 6) is -0.199. The largest absolute Gasteiger partial charge is 0.395 e. The van der Waals surface area contributed by atoms with E-state index in [1.54, 1.807) is 6.20 Å². The number of ketones is 1. The molecule has 1 fully saturated rings. The third kappa shape index (κ3) is 6.42. The number of fused-ring (bicyclic) bond motifs is 1. The molecule has 7 nitrogen and oxygen atoms in total. The molecule has 0 aliphatic carbocycles. The Morgan fingerprint density at radius 3 is 2.66 bits per heavy atom. The van der Waals surface area contributed by atoms with Gasteiger partial charge in [0.2, 0.25) is 0 Å². The third-order valence-electron chi connectivity index (χ3n) is 6.15. The fraction of sp³-hybridized carbons (Fsp3) is 0.500. The number of halogens is 1. The number of aromatic amines is 1. The maximum atomic E-state index is 12.8. The first-order valence-corrected chi connectivity index (χ1v) is 11.6. The van der Waals surface area contributed by atoms with Crippen molar-refractivity contribution in [2.75, 3.05) is 52.4 Å². The van der Waals surface area contributed by atoms with E-state index in [1.807, 2.05) is 31.3 Å². The number of aliphatic hydroxyl groups excluding tert-OH is 1. The Morgan fingerprint density at radius 1 is 1.25 bits per heavy atom. The molecule has 1 atom stereocenters. The maximum Gasteiger partial charge on any atom is 0.160 e. The topological polar surface area (TPSA) is 88.7 Å². The van der Waals surface area contributed by atoms with Gasteiger partial charge in [0.05, 0.1) is 11.6 Å². The maximum absolute atomic E-state index is 12.8. The molecule has 1 saturated heterocycles. The van der Waals surface area contributed by atoms with E-state index in [4.69, 9.17) is 16.7 Å². The Morgan fingerprint density at radius 2 is 1.97 bits per heavy atom. The number of aromatic nitrogens is 1. The summed E-state index contributed by atoms with van der Waals surface area (Å²) in [6.07, 6.45) is 5.03. The van der Waals surface area contributed by atoms with Crippen LogP contribution in [-0.4, -0.2) is 84.4 Å². The molecule has 0 radical (unpaired) electrons. The first-order valence-electron chi connectivity index (χ1n) is 11.2. The minimum atomic E-state index is -0.216. The number of rotatable bonds is 12. The molecule has 2 heterocycles. The highest BCUT2D eigenvalue weighted by molar-refractivity contribution is 6.35. The van der Waals surface area contributed by atoms with Crippen LogP contribution in [0.1, 0.15) is 31.2 Å². The van der Waals surface area contributed by atoms with Crippen molar-refractivity contribution in [3.8, 4) is 0 Å². The number of aldehydes is 1. The van der Waals surface area contributed by atoms with Gasteiger partial charge in [-0.05, 0) is 30.5 Å². The van der Waals surface area contributed by atoms with E-state index in [9.17, 15) is 9.59 Å². The second-order valence-electron chi connectivity index (χ2n) is 8.32. The van der Waals surface area contributed by atoms with Crippen LogP contribution >= 0.6 is 11.6 Å². The van der Waals surface area contributed by atoms with Gasteiger partial charge in [-0.2, -0.15) is 0 Å². The van der Waals surface area contributed by atoms with Gasteiger partial charge in [-0.15, -0.1) is 0 Å². The van der Waals surface area contributed by atoms with E-state index < -0.39 is 0 Å². The van der Waals surface area contributed by atoms with E-state index >= 15 is 0 Å². The lowest BCUT2D eigenvalue weighted by molar-refractivity contribution is -0.116. The normalized spacial score (nSPS) is 16.9.